The standard InChI is InChI=1S/C14H16N4O/c1-7-13(8(2)18-17-7)10-4-5-11-12(6-10)16-14(15-11)9(3)19/h4-6,9,19H,1-3H3,(H,15,16)(H,17,18). The van der Waals surface area contributed by atoms with E-state index in [0.29, 0.717) is 5.82 Å². The first-order valence-corrected chi connectivity index (χ1v) is 6.26. The van der Waals surface area contributed by atoms with E-state index in [9.17, 15) is 5.11 Å². The lowest BCUT2D eigenvalue weighted by Gasteiger charge is -2.01. The van der Waals surface area contributed by atoms with Crippen LogP contribution >= 0.6 is 0 Å². The molecule has 0 saturated carbocycles. The van der Waals surface area contributed by atoms with Gasteiger partial charge in [-0.25, -0.2) is 4.98 Å². The van der Waals surface area contributed by atoms with E-state index >= 15 is 0 Å². The zero-order valence-corrected chi connectivity index (χ0v) is 11.2. The van der Waals surface area contributed by atoms with Crippen LogP contribution in [0, 0.1) is 13.8 Å². The van der Waals surface area contributed by atoms with Gasteiger partial charge in [0.1, 0.15) is 11.9 Å². The van der Waals surface area contributed by atoms with Crippen molar-refractivity contribution in [2.45, 2.75) is 26.9 Å². The number of rotatable bonds is 2. The van der Waals surface area contributed by atoms with Crippen molar-refractivity contribution in [1.29, 1.82) is 0 Å². The summed E-state index contributed by atoms with van der Waals surface area (Å²) < 4.78 is 0. The summed E-state index contributed by atoms with van der Waals surface area (Å²) in [4.78, 5) is 7.50. The van der Waals surface area contributed by atoms with Crippen molar-refractivity contribution >= 4 is 11.0 Å². The second kappa shape index (κ2) is 4.20. The zero-order valence-electron chi connectivity index (χ0n) is 11.2. The van der Waals surface area contributed by atoms with E-state index in [1.54, 1.807) is 6.92 Å². The molecule has 1 aromatic carbocycles. The molecule has 1 atom stereocenters. The van der Waals surface area contributed by atoms with Gasteiger partial charge in [-0.05, 0) is 38.5 Å². The van der Waals surface area contributed by atoms with E-state index in [4.69, 9.17) is 0 Å². The van der Waals surface area contributed by atoms with Crippen LogP contribution in [0.25, 0.3) is 22.2 Å². The van der Waals surface area contributed by atoms with Crippen LogP contribution in [-0.2, 0) is 0 Å². The molecule has 2 heterocycles. The molecule has 0 radical (unpaired) electrons. The second-order valence-electron chi connectivity index (χ2n) is 4.84. The van der Waals surface area contributed by atoms with Crippen molar-refractivity contribution in [3.8, 4) is 11.1 Å². The molecule has 0 aliphatic carbocycles. The van der Waals surface area contributed by atoms with E-state index in [2.05, 4.69) is 20.2 Å². The normalized spacial score (nSPS) is 13.1. The van der Waals surface area contributed by atoms with Crippen molar-refractivity contribution in [2.75, 3.05) is 0 Å². The van der Waals surface area contributed by atoms with E-state index < -0.39 is 6.10 Å². The lowest BCUT2D eigenvalue weighted by molar-refractivity contribution is 0.190. The molecule has 5 heteroatoms. The third-order valence-corrected chi connectivity index (χ3v) is 3.31. The largest absolute Gasteiger partial charge is 0.385 e. The van der Waals surface area contributed by atoms with Crippen LogP contribution in [0.15, 0.2) is 18.2 Å². The summed E-state index contributed by atoms with van der Waals surface area (Å²) in [7, 11) is 0. The fraction of sp³-hybridized carbons (Fsp3) is 0.286. The Kier molecular flexibility index (Phi) is 2.64. The Morgan fingerprint density at radius 2 is 2.05 bits per heavy atom. The van der Waals surface area contributed by atoms with Gasteiger partial charge in [0, 0.05) is 11.3 Å². The third-order valence-electron chi connectivity index (χ3n) is 3.31. The van der Waals surface area contributed by atoms with Gasteiger partial charge < -0.3 is 10.1 Å². The Hall–Kier alpha value is -2.14. The highest BCUT2D eigenvalue weighted by molar-refractivity contribution is 5.83. The minimum absolute atomic E-state index is 0.590. The molecular weight excluding hydrogens is 240 g/mol. The van der Waals surface area contributed by atoms with Gasteiger partial charge in [0.25, 0.3) is 0 Å². The molecule has 0 saturated heterocycles. The van der Waals surface area contributed by atoms with Gasteiger partial charge >= 0.3 is 0 Å². The maximum Gasteiger partial charge on any atom is 0.135 e. The molecule has 19 heavy (non-hydrogen) atoms. The van der Waals surface area contributed by atoms with Gasteiger partial charge in [-0.15, -0.1) is 0 Å². The van der Waals surface area contributed by atoms with E-state index in [1.165, 1.54) is 0 Å². The number of hydrogen-bond acceptors (Lipinski definition) is 3. The number of fused-ring (bicyclic) bond motifs is 1. The predicted octanol–water partition coefficient (Wildman–Crippen LogP) is 2.62. The van der Waals surface area contributed by atoms with E-state index in [0.717, 1.165) is 33.5 Å². The molecule has 0 aliphatic rings. The molecule has 0 aliphatic heterocycles. The lowest BCUT2D eigenvalue weighted by atomic mass is 10.0. The molecule has 3 aromatic rings. The van der Waals surface area contributed by atoms with Crippen LogP contribution in [0.2, 0.25) is 0 Å². The van der Waals surface area contributed by atoms with Crippen molar-refractivity contribution < 1.29 is 5.11 Å². The van der Waals surface area contributed by atoms with Crippen molar-refractivity contribution in [2.24, 2.45) is 0 Å². The predicted molar refractivity (Wildman–Crippen MR) is 73.8 cm³/mol. The first-order chi connectivity index (χ1) is 9.06. The number of aliphatic hydroxyl groups excluding tert-OH is 1. The molecule has 3 N–H and O–H groups in total. The number of aromatic nitrogens is 4. The number of imidazole rings is 1. The zero-order chi connectivity index (χ0) is 13.6. The molecule has 0 fully saturated rings. The van der Waals surface area contributed by atoms with Crippen LogP contribution in [0.3, 0.4) is 0 Å². The Labute approximate surface area is 110 Å². The molecule has 5 nitrogen and oxygen atoms in total. The summed E-state index contributed by atoms with van der Waals surface area (Å²) in [6.45, 7) is 5.69. The van der Waals surface area contributed by atoms with Gasteiger partial charge in [-0.2, -0.15) is 5.10 Å². The highest BCUT2D eigenvalue weighted by atomic mass is 16.3. The first-order valence-electron chi connectivity index (χ1n) is 6.26. The van der Waals surface area contributed by atoms with Crippen LogP contribution in [0.5, 0.6) is 0 Å². The minimum Gasteiger partial charge on any atom is -0.385 e. The minimum atomic E-state index is -0.590. The number of H-pyrrole nitrogens is 2. The Bertz CT molecular complexity index is 720. The van der Waals surface area contributed by atoms with Gasteiger partial charge in [-0.1, -0.05) is 6.07 Å². The number of benzene rings is 1. The number of aryl methyl sites for hydroxylation is 2. The highest BCUT2D eigenvalue weighted by Gasteiger charge is 2.12. The van der Waals surface area contributed by atoms with Gasteiger partial charge in [-0.3, -0.25) is 5.10 Å². The molecule has 2 aromatic heterocycles. The van der Waals surface area contributed by atoms with Crippen molar-refractivity contribution in [3.63, 3.8) is 0 Å². The first kappa shape index (κ1) is 11.9. The quantitative estimate of drug-likeness (QED) is 0.659. The molecule has 98 valence electrons. The summed E-state index contributed by atoms with van der Waals surface area (Å²) in [6.07, 6.45) is -0.590. The summed E-state index contributed by atoms with van der Waals surface area (Å²) in [5, 5.41) is 16.8. The van der Waals surface area contributed by atoms with Crippen LogP contribution in [-0.4, -0.2) is 25.3 Å². The van der Waals surface area contributed by atoms with Gasteiger partial charge in [0.2, 0.25) is 0 Å². The molecule has 0 amide bonds. The monoisotopic (exact) mass is 256 g/mol. The smallest absolute Gasteiger partial charge is 0.135 e. The fourth-order valence-electron chi connectivity index (χ4n) is 2.36. The van der Waals surface area contributed by atoms with E-state index in [-0.39, 0.29) is 0 Å². The summed E-state index contributed by atoms with van der Waals surface area (Å²) in [5.41, 5.74) is 6.03. The number of nitrogens with zero attached hydrogens (tertiary/aromatic N) is 2. The van der Waals surface area contributed by atoms with Gasteiger partial charge in [0.15, 0.2) is 0 Å². The SMILES string of the molecule is Cc1n[nH]c(C)c1-c1ccc2nc(C(C)O)[nH]c2c1. The maximum atomic E-state index is 9.56. The summed E-state index contributed by atoms with van der Waals surface area (Å²) >= 11 is 0. The molecule has 0 spiro atoms. The summed E-state index contributed by atoms with van der Waals surface area (Å²) in [5.74, 6) is 0.591. The third kappa shape index (κ3) is 1.92. The molecule has 0 bridgehead atoms. The topological polar surface area (TPSA) is 77.6 Å². The Balaban J connectivity index is 2.16. The lowest BCUT2D eigenvalue weighted by Crippen LogP contribution is -1.92. The maximum absolute atomic E-state index is 9.56. The Morgan fingerprint density at radius 1 is 1.26 bits per heavy atom. The molecular formula is C14H16N4O. The van der Waals surface area contributed by atoms with Crippen molar-refractivity contribution in [1.82, 2.24) is 20.2 Å². The van der Waals surface area contributed by atoms with Crippen molar-refractivity contribution in [3.05, 3.63) is 35.4 Å². The second-order valence-corrected chi connectivity index (χ2v) is 4.84. The average molecular weight is 256 g/mol. The molecule has 1 unspecified atom stereocenters. The number of hydrogen-bond donors (Lipinski definition) is 3. The number of aromatic amines is 2. The average Bonchev–Trinajstić information content (AvgIpc) is 2.92. The van der Waals surface area contributed by atoms with Crippen LogP contribution in [0.1, 0.15) is 30.2 Å². The molecule has 3 rings (SSSR count). The number of aliphatic hydroxyl groups is 1. The number of nitrogens with one attached hydrogen (secondary N) is 2. The highest BCUT2D eigenvalue weighted by Crippen LogP contribution is 2.28. The summed E-state index contributed by atoms with van der Waals surface area (Å²) in [6, 6.07) is 6.03. The van der Waals surface area contributed by atoms with Gasteiger partial charge in [0.05, 0.1) is 16.7 Å². The Morgan fingerprint density at radius 3 is 2.68 bits per heavy atom. The van der Waals surface area contributed by atoms with Crippen LogP contribution in [0.4, 0.5) is 0 Å². The van der Waals surface area contributed by atoms with Crippen LogP contribution < -0.4 is 0 Å². The fourth-order valence-corrected chi connectivity index (χ4v) is 2.36. The van der Waals surface area contributed by atoms with E-state index in [1.807, 2.05) is 32.0 Å².